The summed E-state index contributed by atoms with van der Waals surface area (Å²) in [6, 6.07) is 3.01. The highest BCUT2D eigenvalue weighted by Crippen LogP contribution is 2.15. The number of nitrogens with one attached hydrogen (secondary N) is 1. The topological polar surface area (TPSA) is 30.5 Å². The highest BCUT2D eigenvalue weighted by atomic mass is 19.1. The molecule has 0 radical (unpaired) electrons. The molecule has 1 atom stereocenters. The Labute approximate surface area is 93.4 Å². The molecule has 3 nitrogen and oxygen atoms in total. The van der Waals surface area contributed by atoms with Crippen LogP contribution in [0.2, 0.25) is 0 Å². The number of rotatable bonds is 5. The minimum absolute atomic E-state index is 0.226. The Hall–Kier alpha value is -1.20. The van der Waals surface area contributed by atoms with E-state index in [4.69, 9.17) is 9.47 Å². The van der Waals surface area contributed by atoms with E-state index in [0.717, 1.165) is 6.07 Å². The van der Waals surface area contributed by atoms with Gasteiger partial charge in [-0.1, -0.05) is 0 Å². The average molecular weight is 231 g/mol. The summed E-state index contributed by atoms with van der Waals surface area (Å²) >= 11 is 0. The molecule has 0 saturated carbocycles. The van der Waals surface area contributed by atoms with E-state index < -0.39 is 17.9 Å². The maximum Gasteiger partial charge on any atom is 0.176 e. The van der Waals surface area contributed by atoms with E-state index in [1.807, 2.05) is 0 Å². The first kappa shape index (κ1) is 12.9. The van der Waals surface area contributed by atoms with Crippen molar-refractivity contribution >= 4 is 5.69 Å². The fraction of sp³-hybridized carbons (Fsp3) is 0.455. The van der Waals surface area contributed by atoms with Gasteiger partial charge in [0.25, 0.3) is 0 Å². The predicted molar refractivity (Wildman–Crippen MR) is 57.2 cm³/mol. The van der Waals surface area contributed by atoms with E-state index in [9.17, 15) is 8.78 Å². The van der Waals surface area contributed by atoms with Crippen LogP contribution in [0.25, 0.3) is 0 Å². The van der Waals surface area contributed by atoms with Crippen molar-refractivity contribution in [2.75, 3.05) is 19.5 Å². The number of halogens is 2. The summed E-state index contributed by atoms with van der Waals surface area (Å²) in [7, 11) is 3.00. The van der Waals surface area contributed by atoms with Crippen LogP contribution in [0.1, 0.15) is 6.92 Å². The maximum atomic E-state index is 12.9. The van der Waals surface area contributed by atoms with Crippen LogP contribution in [-0.4, -0.2) is 26.6 Å². The first-order chi connectivity index (χ1) is 7.56. The van der Waals surface area contributed by atoms with E-state index in [0.29, 0.717) is 5.69 Å². The second-order valence-corrected chi connectivity index (χ2v) is 3.43. The number of anilines is 1. The number of ether oxygens (including phenoxy) is 2. The minimum atomic E-state index is -0.624. The van der Waals surface area contributed by atoms with E-state index >= 15 is 0 Å². The molecule has 0 aromatic heterocycles. The second kappa shape index (κ2) is 5.77. The minimum Gasteiger partial charge on any atom is -0.377 e. The normalized spacial score (nSPS) is 12.9. The fourth-order valence-electron chi connectivity index (χ4n) is 1.47. The molecule has 1 rings (SSSR count). The van der Waals surface area contributed by atoms with Crippen LogP contribution in [-0.2, 0) is 9.47 Å². The summed E-state index contributed by atoms with van der Waals surface area (Å²) < 4.78 is 35.8. The second-order valence-electron chi connectivity index (χ2n) is 3.43. The summed E-state index contributed by atoms with van der Waals surface area (Å²) in [6.07, 6.45) is -0.480. The van der Waals surface area contributed by atoms with Crippen LogP contribution in [0.5, 0.6) is 0 Å². The lowest BCUT2D eigenvalue weighted by atomic mass is 10.2. The van der Waals surface area contributed by atoms with Crippen LogP contribution in [0, 0.1) is 11.6 Å². The Kier molecular flexibility index (Phi) is 4.64. The van der Waals surface area contributed by atoms with Gasteiger partial charge >= 0.3 is 0 Å². The molecule has 90 valence electrons. The quantitative estimate of drug-likeness (QED) is 0.789. The molecular weight excluding hydrogens is 216 g/mol. The Bertz CT molecular complexity index is 323. The molecular formula is C11H15F2NO2. The highest BCUT2D eigenvalue weighted by Gasteiger charge is 2.15. The molecule has 0 aliphatic rings. The molecule has 0 amide bonds. The van der Waals surface area contributed by atoms with E-state index in [2.05, 4.69) is 5.32 Å². The van der Waals surface area contributed by atoms with Crippen molar-refractivity contribution in [3.05, 3.63) is 29.8 Å². The predicted octanol–water partition coefficient (Wildman–Crippen LogP) is 2.38. The first-order valence-electron chi connectivity index (χ1n) is 4.85. The van der Waals surface area contributed by atoms with Crippen molar-refractivity contribution in [3.63, 3.8) is 0 Å². The Morgan fingerprint density at radius 2 is 1.56 bits per heavy atom. The molecule has 1 unspecified atom stereocenters. The molecule has 5 heteroatoms. The lowest BCUT2D eigenvalue weighted by Crippen LogP contribution is -2.33. The SMILES string of the molecule is COC(OC)C(C)Nc1cc(F)cc(F)c1. The number of hydrogen-bond acceptors (Lipinski definition) is 3. The molecule has 0 heterocycles. The van der Waals surface area contributed by atoms with Gasteiger partial charge in [-0.15, -0.1) is 0 Å². The molecule has 1 aromatic carbocycles. The van der Waals surface area contributed by atoms with Crippen molar-refractivity contribution in [2.24, 2.45) is 0 Å². The third kappa shape index (κ3) is 3.43. The van der Waals surface area contributed by atoms with Crippen LogP contribution < -0.4 is 5.32 Å². The standard InChI is InChI=1S/C11H15F2NO2/c1-7(11(15-2)16-3)14-10-5-8(12)4-9(13)6-10/h4-7,11,14H,1-3H3. The maximum absolute atomic E-state index is 12.9. The molecule has 0 saturated heterocycles. The highest BCUT2D eigenvalue weighted by molar-refractivity contribution is 5.44. The smallest absolute Gasteiger partial charge is 0.176 e. The molecule has 1 aromatic rings. The van der Waals surface area contributed by atoms with Gasteiger partial charge in [-0.05, 0) is 19.1 Å². The van der Waals surface area contributed by atoms with Gasteiger partial charge in [0.2, 0.25) is 0 Å². The van der Waals surface area contributed by atoms with Crippen LogP contribution in [0.4, 0.5) is 14.5 Å². The summed E-state index contributed by atoms with van der Waals surface area (Å²) in [5.74, 6) is -1.25. The van der Waals surface area contributed by atoms with Crippen LogP contribution in [0.15, 0.2) is 18.2 Å². The van der Waals surface area contributed by atoms with Crippen LogP contribution in [0.3, 0.4) is 0 Å². The largest absolute Gasteiger partial charge is 0.377 e. The lowest BCUT2D eigenvalue weighted by molar-refractivity contribution is -0.109. The van der Waals surface area contributed by atoms with Crippen molar-refractivity contribution in [1.82, 2.24) is 0 Å². The van der Waals surface area contributed by atoms with Gasteiger partial charge in [-0.2, -0.15) is 0 Å². The van der Waals surface area contributed by atoms with Gasteiger partial charge < -0.3 is 14.8 Å². The van der Waals surface area contributed by atoms with Crippen molar-refractivity contribution in [1.29, 1.82) is 0 Å². The molecule has 0 aliphatic carbocycles. The first-order valence-corrected chi connectivity index (χ1v) is 4.85. The van der Waals surface area contributed by atoms with E-state index in [1.165, 1.54) is 26.4 Å². The summed E-state index contributed by atoms with van der Waals surface area (Å²) in [5.41, 5.74) is 0.351. The van der Waals surface area contributed by atoms with Gasteiger partial charge in [0.15, 0.2) is 6.29 Å². The van der Waals surface area contributed by atoms with Crippen LogP contribution >= 0.6 is 0 Å². The number of methoxy groups -OCH3 is 2. The summed E-state index contributed by atoms with van der Waals surface area (Å²) in [6.45, 7) is 1.79. The van der Waals surface area contributed by atoms with E-state index in [-0.39, 0.29) is 6.04 Å². The van der Waals surface area contributed by atoms with Gasteiger partial charge in [0, 0.05) is 26.0 Å². The summed E-state index contributed by atoms with van der Waals surface area (Å²) in [5, 5.41) is 2.90. The zero-order valence-corrected chi connectivity index (χ0v) is 9.46. The molecule has 0 bridgehead atoms. The monoisotopic (exact) mass is 231 g/mol. The number of benzene rings is 1. The summed E-state index contributed by atoms with van der Waals surface area (Å²) in [4.78, 5) is 0. The lowest BCUT2D eigenvalue weighted by Gasteiger charge is -2.23. The molecule has 0 fully saturated rings. The molecule has 0 spiro atoms. The molecule has 0 aliphatic heterocycles. The van der Waals surface area contributed by atoms with Gasteiger partial charge in [0.1, 0.15) is 11.6 Å². The Morgan fingerprint density at radius 3 is 2.00 bits per heavy atom. The van der Waals surface area contributed by atoms with E-state index in [1.54, 1.807) is 6.92 Å². The average Bonchev–Trinajstić information content (AvgIpc) is 2.17. The zero-order chi connectivity index (χ0) is 12.1. The Balaban J connectivity index is 2.72. The van der Waals surface area contributed by atoms with Crippen molar-refractivity contribution in [3.8, 4) is 0 Å². The molecule has 16 heavy (non-hydrogen) atoms. The zero-order valence-electron chi connectivity index (χ0n) is 9.46. The van der Waals surface area contributed by atoms with Crippen molar-refractivity contribution < 1.29 is 18.3 Å². The van der Waals surface area contributed by atoms with Gasteiger partial charge in [0.05, 0.1) is 6.04 Å². The Morgan fingerprint density at radius 1 is 1.06 bits per heavy atom. The van der Waals surface area contributed by atoms with Gasteiger partial charge in [-0.25, -0.2) is 8.78 Å². The molecule has 1 N–H and O–H groups in total. The third-order valence-electron chi connectivity index (χ3n) is 2.13. The van der Waals surface area contributed by atoms with Gasteiger partial charge in [-0.3, -0.25) is 0 Å². The third-order valence-corrected chi connectivity index (χ3v) is 2.13. The fourth-order valence-corrected chi connectivity index (χ4v) is 1.47. The van der Waals surface area contributed by atoms with Crippen molar-refractivity contribution in [2.45, 2.75) is 19.3 Å². The number of hydrogen-bond donors (Lipinski definition) is 1.